The van der Waals surface area contributed by atoms with Gasteiger partial charge in [-0.25, -0.2) is 0 Å². The molecule has 0 saturated carbocycles. The average Bonchev–Trinajstić information content (AvgIpc) is 1.64. The summed E-state index contributed by atoms with van der Waals surface area (Å²) in [5.74, 6) is 1.02. The Balaban J connectivity index is 3.46. The first kappa shape index (κ1) is 7.96. The third-order valence-electron chi connectivity index (χ3n) is 1.81. The highest BCUT2D eigenvalue weighted by Gasteiger charge is 2.11. The molecule has 0 bridgehead atoms. The van der Waals surface area contributed by atoms with Crippen molar-refractivity contribution in [3.8, 4) is 0 Å². The molecule has 0 rings (SSSR count). The molecule has 1 N–H and O–H groups in total. The summed E-state index contributed by atoms with van der Waals surface area (Å²) in [4.78, 5) is 0. The maximum atomic E-state index is 8.99. The van der Waals surface area contributed by atoms with Crippen molar-refractivity contribution in [1.29, 1.82) is 0 Å². The van der Waals surface area contributed by atoms with Gasteiger partial charge in [0.05, 0.1) is 6.10 Å². The maximum Gasteiger partial charge on any atom is 0.0540 e. The topological polar surface area (TPSA) is 20.2 Å². The van der Waals surface area contributed by atoms with Crippen molar-refractivity contribution in [1.82, 2.24) is 0 Å². The molecule has 0 aliphatic heterocycles. The summed E-state index contributed by atoms with van der Waals surface area (Å²) in [5.41, 5.74) is 0. The zero-order valence-electron chi connectivity index (χ0n) is 6.18. The van der Waals surface area contributed by atoms with Crippen LogP contribution in [0.5, 0.6) is 0 Å². The second-order valence-electron chi connectivity index (χ2n) is 2.84. The number of hydrogen-bond acceptors (Lipinski definition) is 1. The van der Waals surface area contributed by atoms with Crippen LogP contribution in [0.4, 0.5) is 0 Å². The van der Waals surface area contributed by atoms with Crippen molar-refractivity contribution in [3.05, 3.63) is 0 Å². The van der Waals surface area contributed by atoms with Crippen LogP contribution < -0.4 is 0 Å². The molecule has 0 aromatic heterocycles. The fourth-order valence-electron chi connectivity index (χ4n) is 0.557. The lowest BCUT2D eigenvalue weighted by Crippen LogP contribution is -2.18. The Hall–Kier alpha value is -0.0400. The average molecular weight is 116 g/mol. The lowest BCUT2D eigenvalue weighted by atomic mass is 9.93. The van der Waals surface area contributed by atoms with Crippen LogP contribution in [0.25, 0.3) is 0 Å². The van der Waals surface area contributed by atoms with Gasteiger partial charge in [0, 0.05) is 0 Å². The third kappa shape index (κ3) is 2.31. The minimum Gasteiger partial charge on any atom is -0.393 e. The summed E-state index contributed by atoms with van der Waals surface area (Å²) in [7, 11) is 0. The van der Waals surface area contributed by atoms with Crippen LogP contribution in [0.2, 0.25) is 0 Å². The van der Waals surface area contributed by atoms with Gasteiger partial charge in [-0.1, -0.05) is 20.8 Å². The molecule has 0 amide bonds. The van der Waals surface area contributed by atoms with Gasteiger partial charge in [0.2, 0.25) is 0 Å². The fourth-order valence-corrected chi connectivity index (χ4v) is 0.557. The molecule has 50 valence electrons. The minimum absolute atomic E-state index is 0.157. The van der Waals surface area contributed by atoms with Gasteiger partial charge >= 0.3 is 0 Å². The SMILES string of the molecule is CC(C)[C@@H](C)C(C)O. The summed E-state index contributed by atoms with van der Waals surface area (Å²) in [6, 6.07) is 0. The molecule has 0 aromatic carbocycles. The normalized spacial score (nSPS) is 18.8. The lowest BCUT2D eigenvalue weighted by Gasteiger charge is -2.17. The van der Waals surface area contributed by atoms with Gasteiger partial charge < -0.3 is 5.11 Å². The fraction of sp³-hybridized carbons (Fsp3) is 1.00. The van der Waals surface area contributed by atoms with E-state index in [2.05, 4.69) is 20.8 Å². The first-order valence-corrected chi connectivity index (χ1v) is 3.23. The van der Waals surface area contributed by atoms with Crippen LogP contribution in [0, 0.1) is 11.8 Å². The molecule has 0 aliphatic carbocycles. The Morgan fingerprint density at radius 1 is 1.00 bits per heavy atom. The highest BCUT2D eigenvalue weighted by Crippen LogP contribution is 2.12. The molecule has 0 heterocycles. The summed E-state index contributed by atoms with van der Waals surface area (Å²) < 4.78 is 0. The van der Waals surface area contributed by atoms with Crippen LogP contribution >= 0.6 is 0 Å². The van der Waals surface area contributed by atoms with E-state index in [4.69, 9.17) is 5.11 Å². The van der Waals surface area contributed by atoms with Gasteiger partial charge in [-0.3, -0.25) is 0 Å². The molecule has 2 atom stereocenters. The molecule has 0 saturated heterocycles. The first-order chi connectivity index (χ1) is 3.55. The summed E-state index contributed by atoms with van der Waals surface area (Å²) >= 11 is 0. The number of hydrogen-bond donors (Lipinski definition) is 1. The van der Waals surface area contributed by atoms with Crippen LogP contribution in [-0.4, -0.2) is 11.2 Å². The molecule has 0 fully saturated rings. The zero-order chi connectivity index (χ0) is 6.73. The van der Waals surface area contributed by atoms with Crippen molar-refractivity contribution in [2.45, 2.75) is 33.8 Å². The predicted molar refractivity (Wildman–Crippen MR) is 35.7 cm³/mol. The molecule has 8 heavy (non-hydrogen) atoms. The molecular formula is C7H16O. The lowest BCUT2D eigenvalue weighted by molar-refractivity contribution is 0.109. The molecule has 0 aromatic rings. The van der Waals surface area contributed by atoms with Crippen molar-refractivity contribution in [2.75, 3.05) is 0 Å². The van der Waals surface area contributed by atoms with Crippen molar-refractivity contribution >= 4 is 0 Å². The van der Waals surface area contributed by atoms with Crippen LogP contribution in [-0.2, 0) is 0 Å². The smallest absolute Gasteiger partial charge is 0.0540 e. The molecule has 0 aliphatic rings. The highest BCUT2D eigenvalue weighted by atomic mass is 16.3. The molecule has 0 radical (unpaired) electrons. The third-order valence-corrected chi connectivity index (χ3v) is 1.81. The van der Waals surface area contributed by atoms with Crippen LogP contribution in [0.3, 0.4) is 0 Å². The van der Waals surface area contributed by atoms with E-state index in [9.17, 15) is 0 Å². The summed E-state index contributed by atoms with van der Waals surface area (Å²) in [6.07, 6.45) is -0.157. The maximum absolute atomic E-state index is 8.99. The quantitative estimate of drug-likeness (QED) is 0.581. The Morgan fingerprint density at radius 2 is 1.38 bits per heavy atom. The minimum atomic E-state index is -0.157. The Labute approximate surface area is 51.7 Å². The van der Waals surface area contributed by atoms with Gasteiger partial charge in [-0.15, -0.1) is 0 Å². The van der Waals surface area contributed by atoms with Crippen LogP contribution in [0.1, 0.15) is 27.7 Å². The first-order valence-electron chi connectivity index (χ1n) is 3.23. The summed E-state index contributed by atoms with van der Waals surface area (Å²) in [5, 5.41) is 8.99. The van der Waals surface area contributed by atoms with Gasteiger partial charge in [-0.05, 0) is 18.8 Å². The van der Waals surface area contributed by atoms with Gasteiger partial charge in [0.15, 0.2) is 0 Å². The van der Waals surface area contributed by atoms with Crippen molar-refractivity contribution in [2.24, 2.45) is 11.8 Å². The standard InChI is InChI=1S/C7H16O/c1-5(2)6(3)7(4)8/h5-8H,1-4H3/t6-,7?/m1/s1. The van der Waals surface area contributed by atoms with Crippen molar-refractivity contribution in [3.63, 3.8) is 0 Å². The van der Waals surface area contributed by atoms with E-state index < -0.39 is 0 Å². The van der Waals surface area contributed by atoms with Crippen LogP contribution in [0.15, 0.2) is 0 Å². The largest absolute Gasteiger partial charge is 0.393 e. The monoisotopic (exact) mass is 116 g/mol. The van der Waals surface area contributed by atoms with E-state index in [1.807, 2.05) is 6.92 Å². The Kier molecular flexibility index (Phi) is 3.06. The Bertz CT molecular complexity index is 49.4. The second-order valence-corrected chi connectivity index (χ2v) is 2.84. The van der Waals surface area contributed by atoms with Gasteiger partial charge in [0.1, 0.15) is 0 Å². The number of aliphatic hydroxyl groups excluding tert-OH is 1. The summed E-state index contributed by atoms with van der Waals surface area (Å²) in [6.45, 7) is 8.15. The second kappa shape index (κ2) is 3.08. The zero-order valence-corrected chi connectivity index (χ0v) is 6.18. The molecular weight excluding hydrogens is 100 g/mol. The van der Waals surface area contributed by atoms with E-state index in [0.29, 0.717) is 11.8 Å². The van der Waals surface area contributed by atoms with E-state index in [1.54, 1.807) is 0 Å². The van der Waals surface area contributed by atoms with E-state index in [1.165, 1.54) is 0 Å². The van der Waals surface area contributed by atoms with E-state index >= 15 is 0 Å². The highest BCUT2D eigenvalue weighted by molar-refractivity contribution is 4.61. The van der Waals surface area contributed by atoms with Crippen molar-refractivity contribution < 1.29 is 5.11 Å². The Morgan fingerprint density at radius 3 is 1.38 bits per heavy atom. The number of rotatable bonds is 2. The van der Waals surface area contributed by atoms with Gasteiger partial charge in [-0.2, -0.15) is 0 Å². The molecule has 0 spiro atoms. The molecule has 1 heteroatoms. The predicted octanol–water partition coefficient (Wildman–Crippen LogP) is 1.66. The van der Waals surface area contributed by atoms with E-state index in [-0.39, 0.29) is 6.10 Å². The molecule has 1 nitrogen and oxygen atoms in total. The van der Waals surface area contributed by atoms with Gasteiger partial charge in [0.25, 0.3) is 0 Å². The number of aliphatic hydroxyl groups is 1. The molecule has 1 unspecified atom stereocenters. The van der Waals surface area contributed by atoms with E-state index in [0.717, 1.165) is 0 Å².